The summed E-state index contributed by atoms with van der Waals surface area (Å²) in [5, 5.41) is 19.5. The Bertz CT molecular complexity index is 1000. The molecule has 5 nitrogen and oxygen atoms in total. The van der Waals surface area contributed by atoms with Crippen molar-refractivity contribution in [2.75, 3.05) is 6.54 Å². The number of carbonyl (C=O) groups is 2. The summed E-state index contributed by atoms with van der Waals surface area (Å²) in [4.78, 5) is 25.9. The number of carboxylic acids is 1. The molecule has 0 aliphatic carbocycles. The summed E-state index contributed by atoms with van der Waals surface area (Å²) in [5.41, 5.74) is 1.31. The lowest BCUT2D eigenvalue weighted by Gasteiger charge is -2.21. The number of aryl methyl sites for hydroxylation is 1. The fourth-order valence-electron chi connectivity index (χ4n) is 3.77. The maximum absolute atomic E-state index is 12.3. The van der Waals surface area contributed by atoms with E-state index in [9.17, 15) is 14.7 Å². The predicted molar refractivity (Wildman–Crippen MR) is 127 cm³/mol. The number of likely N-dealkylation sites (tertiary alicyclic amines) is 1. The quantitative estimate of drug-likeness (QED) is 0.439. The first-order valence-electron chi connectivity index (χ1n) is 11.0. The number of nitrogens with zero attached hydrogens (tertiary/aromatic N) is 1. The Balaban J connectivity index is 1.49. The van der Waals surface area contributed by atoms with Crippen molar-refractivity contribution in [1.29, 1.82) is 0 Å². The van der Waals surface area contributed by atoms with Crippen molar-refractivity contribution in [3.63, 3.8) is 0 Å². The molecule has 0 unspecified atom stereocenters. The molecule has 3 atom stereocenters. The number of amides is 1. The van der Waals surface area contributed by atoms with Crippen LogP contribution >= 0.6 is 11.3 Å². The van der Waals surface area contributed by atoms with Crippen molar-refractivity contribution in [3.8, 4) is 11.8 Å². The molecular weight excluding hydrogens is 422 g/mol. The minimum absolute atomic E-state index is 0.0525. The number of hydrogen-bond acceptors (Lipinski definition) is 4. The molecule has 1 fully saturated rings. The number of benzene rings is 1. The molecule has 1 aromatic carbocycles. The standard InChI is InChI=1S/C26H29NO4S/c1-19(7-5-10-20-8-3-2-4-9-20)23(28)15-12-21-13-17-25(29)27(21)18-6-11-22-14-16-24(32-22)26(30)31/h2-4,8-9,12,14-16,19,21,23,28H,5,7,10,13,17-18H2,1H3,(H,30,31)/t19-,21-,23-/m0/s1. The topological polar surface area (TPSA) is 77.8 Å². The molecule has 2 N–H and O–H groups in total. The molecule has 32 heavy (non-hydrogen) atoms. The van der Waals surface area contributed by atoms with E-state index < -0.39 is 12.1 Å². The third kappa shape index (κ3) is 6.81. The van der Waals surface area contributed by atoms with E-state index in [0.717, 1.165) is 30.6 Å². The number of carbonyl (C=O) groups excluding carboxylic acids is 1. The summed E-state index contributed by atoms with van der Waals surface area (Å²) in [5.74, 6) is 5.16. The van der Waals surface area contributed by atoms with Gasteiger partial charge in [-0.3, -0.25) is 4.79 Å². The van der Waals surface area contributed by atoms with Gasteiger partial charge in [0.25, 0.3) is 0 Å². The Labute approximate surface area is 193 Å². The molecule has 1 amide bonds. The zero-order chi connectivity index (χ0) is 22.9. The maximum atomic E-state index is 12.3. The molecule has 1 aromatic heterocycles. The summed E-state index contributed by atoms with van der Waals surface area (Å²) in [7, 11) is 0. The van der Waals surface area contributed by atoms with Crippen molar-refractivity contribution in [1.82, 2.24) is 4.90 Å². The Hall–Kier alpha value is -2.88. The van der Waals surface area contributed by atoms with Crippen LogP contribution < -0.4 is 0 Å². The second-order valence-electron chi connectivity index (χ2n) is 8.13. The molecule has 2 aromatic rings. The highest BCUT2D eigenvalue weighted by molar-refractivity contribution is 7.14. The number of aliphatic hydroxyl groups excluding tert-OH is 1. The first-order chi connectivity index (χ1) is 15.4. The van der Waals surface area contributed by atoms with E-state index in [4.69, 9.17) is 5.11 Å². The van der Waals surface area contributed by atoms with Gasteiger partial charge in [-0.05, 0) is 49.3 Å². The Kier molecular flexibility index (Phi) is 8.66. The van der Waals surface area contributed by atoms with Gasteiger partial charge in [0.15, 0.2) is 0 Å². The van der Waals surface area contributed by atoms with Gasteiger partial charge in [0.05, 0.1) is 23.6 Å². The number of rotatable bonds is 9. The molecule has 1 aliphatic heterocycles. The van der Waals surface area contributed by atoms with Crippen LogP contribution in [0.2, 0.25) is 0 Å². The minimum Gasteiger partial charge on any atom is -0.477 e. The lowest BCUT2D eigenvalue weighted by atomic mass is 9.95. The van der Waals surface area contributed by atoms with E-state index in [0.29, 0.717) is 17.7 Å². The average Bonchev–Trinajstić information content (AvgIpc) is 3.40. The van der Waals surface area contributed by atoms with E-state index in [1.54, 1.807) is 11.0 Å². The second-order valence-corrected chi connectivity index (χ2v) is 9.21. The maximum Gasteiger partial charge on any atom is 0.345 e. The molecule has 0 saturated carbocycles. The van der Waals surface area contributed by atoms with Crippen LogP contribution in [0.25, 0.3) is 0 Å². The molecule has 2 heterocycles. The van der Waals surface area contributed by atoms with Crippen molar-refractivity contribution < 1.29 is 19.8 Å². The molecule has 1 aliphatic rings. The van der Waals surface area contributed by atoms with Crippen molar-refractivity contribution in [2.24, 2.45) is 5.92 Å². The van der Waals surface area contributed by atoms with Crippen molar-refractivity contribution in [2.45, 2.75) is 51.2 Å². The van der Waals surface area contributed by atoms with Crippen LogP contribution in [0, 0.1) is 17.8 Å². The highest BCUT2D eigenvalue weighted by Gasteiger charge is 2.28. The molecule has 0 bridgehead atoms. The zero-order valence-electron chi connectivity index (χ0n) is 18.2. The smallest absolute Gasteiger partial charge is 0.345 e. The zero-order valence-corrected chi connectivity index (χ0v) is 19.1. The molecule has 0 radical (unpaired) electrons. The van der Waals surface area contributed by atoms with Crippen LogP contribution in [-0.4, -0.2) is 45.7 Å². The van der Waals surface area contributed by atoms with Gasteiger partial charge in [-0.25, -0.2) is 4.79 Å². The van der Waals surface area contributed by atoms with Gasteiger partial charge in [0, 0.05) is 6.42 Å². The number of aliphatic hydroxyl groups is 1. The van der Waals surface area contributed by atoms with E-state index in [1.165, 1.54) is 11.6 Å². The van der Waals surface area contributed by atoms with Crippen LogP contribution in [-0.2, 0) is 11.2 Å². The number of hydrogen-bond donors (Lipinski definition) is 2. The molecule has 3 rings (SSSR count). The number of thiophene rings is 1. The first-order valence-corrected chi connectivity index (χ1v) is 11.8. The fourth-order valence-corrected chi connectivity index (χ4v) is 4.49. The van der Waals surface area contributed by atoms with Gasteiger partial charge >= 0.3 is 5.97 Å². The molecule has 1 saturated heterocycles. The number of carboxylic acid groups (broad SMARTS) is 1. The van der Waals surface area contributed by atoms with Crippen LogP contribution in [0.3, 0.4) is 0 Å². The predicted octanol–water partition coefficient (Wildman–Crippen LogP) is 4.36. The highest BCUT2D eigenvalue weighted by Crippen LogP contribution is 2.21. The molecule has 6 heteroatoms. The van der Waals surface area contributed by atoms with Gasteiger partial charge in [0.1, 0.15) is 4.88 Å². The van der Waals surface area contributed by atoms with Gasteiger partial charge < -0.3 is 15.1 Å². The molecule has 0 spiro atoms. The number of aromatic carboxylic acids is 1. The third-order valence-corrected chi connectivity index (χ3v) is 6.72. The van der Waals surface area contributed by atoms with Crippen molar-refractivity contribution in [3.05, 3.63) is 69.9 Å². The van der Waals surface area contributed by atoms with Crippen LogP contribution in [0.15, 0.2) is 54.6 Å². The van der Waals surface area contributed by atoms with Gasteiger partial charge in [-0.2, -0.15) is 0 Å². The monoisotopic (exact) mass is 451 g/mol. The highest BCUT2D eigenvalue weighted by atomic mass is 32.1. The summed E-state index contributed by atoms with van der Waals surface area (Å²) in [6.45, 7) is 2.34. The first kappa shape index (κ1) is 23.8. The SMILES string of the molecule is C[C@@H](CCCc1ccccc1)[C@@H](O)C=C[C@H]1CCC(=O)N1CC#Cc1ccc(C(=O)O)s1. The largest absolute Gasteiger partial charge is 0.477 e. The Morgan fingerprint density at radius 1 is 1.28 bits per heavy atom. The second kappa shape index (κ2) is 11.7. The normalized spacial score (nSPS) is 17.9. The van der Waals surface area contributed by atoms with Gasteiger partial charge in [-0.1, -0.05) is 61.2 Å². The lowest BCUT2D eigenvalue weighted by Crippen LogP contribution is -2.32. The summed E-state index contributed by atoms with van der Waals surface area (Å²) >= 11 is 1.12. The fraction of sp³-hybridized carbons (Fsp3) is 0.385. The van der Waals surface area contributed by atoms with E-state index >= 15 is 0 Å². The minimum atomic E-state index is -0.962. The third-order valence-electron chi connectivity index (χ3n) is 5.73. The Morgan fingerprint density at radius 2 is 2.06 bits per heavy atom. The summed E-state index contributed by atoms with van der Waals surface area (Å²) < 4.78 is 0. The average molecular weight is 452 g/mol. The van der Waals surface area contributed by atoms with Crippen LogP contribution in [0.5, 0.6) is 0 Å². The van der Waals surface area contributed by atoms with Crippen LogP contribution in [0.4, 0.5) is 0 Å². The lowest BCUT2D eigenvalue weighted by molar-refractivity contribution is -0.127. The summed E-state index contributed by atoms with van der Waals surface area (Å²) in [6.07, 6.45) is 7.34. The van der Waals surface area contributed by atoms with Crippen LogP contribution in [0.1, 0.15) is 52.7 Å². The van der Waals surface area contributed by atoms with E-state index in [-0.39, 0.29) is 29.3 Å². The van der Waals surface area contributed by atoms with E-state index in [1.807, 2.05) is 30.4 Å². The molecular formula is C26H29NO4S. The van der Waals surface area contributed by atoms with Crippen molar-refractivity contribution >= 4 is 23.2 Å². The van der Waals surface area contributed by atoms with Gasteiger partial charge in [-0.15, -0.1) is 11.3 Å². The molecule has 168 valence electrons. The summed E-state index contributed by atoms with van der Waals surface area (Å²) in [6, 6.07) is 13.5. The van der Waals surface area contributed by atoms with E-state index in [2.05, 4.69) is 30.9 Å². The Morgan fingerprint density at radius 3 is 2.78 bits per heavy atom. The van der Waals surface area contributed by atoms with Gasteiger partial charge in [0.2, 0.25) is 5.91 Å².